The summed E-state index contributed by atoms with van der Waals surface area (Å²) in [6.45, 7) is 4.74. The molecule has 2 atom stereocenters. The Morgan fingerprint density at radius 1 is 1.16 bits per heavy atom. The van der Waals surface area contributed by atoms with Gasteiger partial charge in [0.1, 0.15) is 5.75 Å². The van der Waals surface area contributed by atoms with E-state index in [0.717, 1.165) is 49.6 Å². The SMILES string of the molecule is COc1ccccc1C(=O)N[C@@H](c1ccccn1)[C@H]1CCCN(Cc2cccc(C)n2)C1. The quantitative estimate of drug-likeness (QED) is 0.609. The van der Waals surface area contributed by atoms with Gasteiger partial charge in [-0.3, -0.25) is 19.7 Å². The van der Waals surface area contributed by atoms with Crippen LogP contribution in [0.2, 0.25) is 0 Å². The van der Waals surface area contributed by atoms with Gasteiger partial charge in [-0.25, -0.2) is 0 Å². The van der Waals surface area contributed by atoms with Gasteiger partial charge in [-0.1, -0.05) is 24.3 Å². The molecule has 0 bridgehead atoms. The fourth-order valence-corrected chi connectivity index (χ4v) is 4.47. The van der Waals surface area contributed by atoms with Crippen LogP contribution in [-0.4, -0.2) is 41.0 Å². The number of aromatic nitrogens is 2. The highest BCUT2D eigenvalue weighted by Crippen LogP contribution is 2.30. The van der Waals surface area contributed by atoms with Gasteiger partial charge in [-0.05, 0) is 68.6 Å². The highest BCUT2D eigenvalue weighted by molar-refractivity contribution is 5.97. The maximum atomic E-state index is 13.2. The lowest BCUT2D eigenvalue weighted by Gasteiger charge is -2.37. The van der Waals surface area contributed by atoms with Crippen molar-refractivity contribution in [2.45, 2.75) is 32.4 Å². The van der Waals surface area contributed by atoms with Gasteiger partial charge in [0, 0.05) is 25.0 Å². The van der Waals surface area contributed by atoms with E-state index < -0.39 is 0 Å². The number of amides is 1. The molecule has 32 heavy (non-hydrogen) atoms. The van der Waals surface area contributed by atoms with Crippen LogP contribution in [0.1, 0.15) is 46.3 Å². The molecule has 0 unspecified atom stereocenters. The molecule has 1 saturated heterocycles. The molecule has 2 aromatic heterocycles. The van der Waals surface area contributed by atoms with Crippen molar-refractivity contribution in [1.82, 2.24) is 20.2 Å². The van der Waals surface area contributed by atoms with E-state index in [1.807, 2.05) is 49.4 Å². The number of nitrogens with one attached hydrogen (secondary N) is 1. The number of rotatable bonds is 7. The van der Waals surface area contributed by atoms with Gasteiger partial charge in [-0.2, -0.15) is 0 Å². The number of nitrogens with zero attached hydrogens (tertiary/aromatic N) is 3. The average molecular weight is 431 g/mol. The Morgan fingerprint density at radius 2 is 2.00 bits per heavy atom. The first kappa shape index (κ1) is 22.0. The minimum Gasteiger partial charge on any atom is -0.496 e. The first-order valence-corrected chi connectivity index (χ1v) is 11.1. The predicted molar refractivity (Wildman–Crippen MR) is 124 cm³/mol. The fourth-order valence-electron chi connectivity index (χ4n) is 4.47. The minimum absolute atomic E-state index is 0.143. The zero-order valence-electron chi connectivity index (χ0n) is 18.7. The van der Waals surface area contributed by atoms with Gasteiger partial charge < -0.3 is 10.1 Å². The second-order valence-electron chi connectivity index (χ2n) is 8.31. The zero-order chi connectivity index (χ0) is 22.3. The van der Waals surface area contributed by atoms with E-state index in [9.17, 15) is 4.79 Å². The Bertz CT molecular complexity index is 1040. The number of piperidine rings is 1. The molecule has 1 aliphatic heterocycles. The second kappa shape index (κ2) is 10.4. The molecule has 1 aromatic carbocycles. The lowest BCUT2D eigenvalue weighted by molar-refractivity contribution is 0.0871. The number of hydrogen-bond acceptors (Lipinski definition) is 5. The van der Waals surface area contributed by atoms with Crippen LogP contribution in [0, 0.1) is 12.8 Å². The smallest absolute Gasteiger partial charge is 0.255 e. The molecule has 3 heterocycles. The van der Waals surface area contributed by atoms with Crippen LogP contribution in [0.4, 0.5) is 0 Å². The summed E-state index contributed by atoms with van der Waals surface area (Å²) in [6, 6.07) is 19.2. The summed E-state index contributed by atoms with van der Waals surface area (Å²) < 4.78 is 5.40. The fraction of sp³-hybridized carbons (Fsp3) is 0.346. The number of aryl methyl sites for hydroxylation is 1. The van der Waals surface area contributed by atoms with Gasteiger partial charge in [0.25, 0.3) is 5.91 Å². The van der Waals surface area contributed by atoms with Gasteiger partial charge in [0.15, 0.2) is 0 Å². The summed E-state index contributed by atoms with van der Waals surface area (Å²) in [5, 5.41) is 3.26. The third kappa shape index (κ3) is 5.32. The highest BCUT2D eigenvalue weighted by atomic mass is 16.5. The summed E-state index contributed by atoms with van der Waals surface area (Å²) in [5.74, 6) is 0.679. The van der Waals surface area contributed by atoms with Crippen molar-refractivity contribution in [1.29, 1.82) is 0 Å². The third-order valence-corrected chi connectivity index (χ3v) is 5.99. The van der Waals surface area contributed by atoms with Crippen molar-refractivity contribution >= 4 is 5.91 Å². The predicted octanol–water partition coefficient (Wildman–Crippen LogP) is 4.18. The van der Waals surface area contributed by atoms with E-state index in [1.165, 1.54) is 0 Å². The van der Waals surface area contributed by atoms with Gasteiger partial charge >= 0.3 is 0 Å². The molecule has 0 saturated carbocycles. The number of benzene rings is 1. The maximum absolute atomic E-state index is 13.2. The normalized spacial score (nSPS) is 17.5. The van der Waals surface area contributed by atoms with Gasteiger partial charge in [0.2, 0.25) is 0 Å². The number of carbonyl (C=O) groups is 1. The van der Waals surface area contributed by atoms with Crippen molar-refractivity contribution in [2.24, 2.45) is 5.92 Å². The molecular weight excluding hydrogens is 400 g/mol. The summed E-state index contributed by atoms with van der Waals surface area (Å²) >= 11 is 0. The molecule has 1 amide bonds. The number of methoxy groups -OCH3 is 1. The molecule has 0 aliphatic carbocycles. The second-order valence-corrected chi connectivity index (χ2v) is 8.31. The molecule has 1 aliphatic rings. The number of hydrogen-bond donors (Lipinski definition) is 1. The van der Waals surface area contributed by atoms with Crippen LogP contribution in [-0.2, 0) is 6.54 Å². The number of likely N-dealkylation sites (tertiary alicyclic amines) is 1. The van der Waals surface area contributed by atoms with Crippen LogP contribution >= 0.6 is 0 Å². The van der Waals surface area contributed by atoms with Crippen molar-refractivity contribution in [3.8, 4) is 5.75 Å². The van der Waals surface area contributed by atoms with E-state index in [4.69, 9.17) is 4.74 Å². The van der Waals surface area contributed by atoms with Gasteiger partial charge in [0.05, 0.1) is 30.1 Å². The van der Waals surface area contributed by atoms with Gasteiger partial charge in [-0.15, -0.1) is 0 Å². The number of pyridine rings is 2. The molecule has 166 valence electrons. The Kier molecular flexibility index (Phi) is 7.12. The maximum Gasteiger partial charge on any atom is 0.255 e. The first-order chi connectivity index (χ1) is 15.6. The van der Waals surface area contributed by atoms with Crippen molar-refractivity contribution in [2.75, 3.05) is 20.2 Å². The van der Waals surface area contributed by atoms with Crippen LogP contribution < -0.4 is 10.1 Å². The molecule has 6 heteroatoms. The monoisotopic (exact) mass is 430 g/mol. The number of para-hydroxylation sites is 1. The van der Waals surface area contributed by atoms with E-state index >= 15 is 0 Å². The van der Waals surface area contributed by atoms with Crippen LogP contribution in [0.25, 0.3) is 0 Å². The van der Waals surface area contributed by atoms with Crippen LogP contribution in [0.3, 0.4) is 0 Å². The molecule has 6 nitrogen and oxygen atoms in total. The van der Waals surface area contributed by atoms with E-state index in [1.54, 1.807) is 19.4 Å². The third-order valence-electron chi connectivity index (χ3n) is 5.99. The molecule has 0 spiro atoms. The Balaban J connectivity index is 1.54. The van der Waals surface area contributed by atoms with E-state index in [-0.39, 0.29) is 17.9 Å². The number of carbonyl (C=O) groups excluding carboxylic acids is 1. The minimum atomic E-state index is -0.179. The summed E-state index contributed by atoms with van der Waals surface area (Å²) in [5.41, 5.74) is 3.54. The summed E-state index contributed by atoms with van der Waals surface area (Å²) in [4.78, 5) is 24.9. The molecule has 1 fully saturated rings. The Hall–Kier alpha value is -3.25. The van der Waals surface area contributed by atoms with Crippen molar-refractivity contribution in [3.05, 3.63) is 89.5 Å². The molecule has 3 aromatic rings. The summed E-state index contributed by atoms with van der Waals surface area (Å²) in [7, 11) is 1.58. The molecule has 1 N–H and O–H groups in total. The van der Waals surface area contributed by atoms with Crippen molar-refractivity contribution in [3.63, 3.8) is 0 Å². The highest BCUT2D eigenvalue weighted by Gasteiger charge is 2.31. The van der Waals surface area contributed by atoms with E-state index in [2.05, 4.69) is 32.3 Å². The lowest BCUT2D eigenvalue weighted by Crippen LogP contribution is -2.43. The standard InChI is InChI=1S/C26H30N4O2/c1-19-9-7-11-21(28-19)18-30-16-8-10-20(17-30)25(23-13-5-6-15-27-23)29-26(31)22-12-3-4-14-24(22)32-2/h3-7,9,11-15,20,25H,8,10,16-18H2,1-2H3,(H,29,31)/t20-,25+/m0/s1. The molecular formula is C26H30N4O2. The van der Waals surface area contributed by atoms with E-state index in [0.29, 0.717) is 11.3 Å². The van der Waals surface area contributed by atoms with Crippen molar-refractivity contribution < 1.29 is 9.53 Å². The van der Waals surface area contributed by atoms with Crippen LogP contribution in [0.5, 0.6) is 5.75 Å². The number of ether oxygens (including phenoxy) is 1. The lowest BCUT2D eigenvalue weighted by atomic mass is 9.88. The Labute approximate surface area is 189 Å². The summed E-state index contributed by atoms with van der Waals surface area (Å²) in [6.07, 6.45) is 3.89. The molecule has 4 rings (SSSR count). The zero-order valence-corrected chi connectivity index (χ0v) is 18.7. The average Bonchev–Trinajstić information content (AvgIpc) is 2.83. The molecule has 0 radical (unpaired) electrons. The van der Waals surface area contributed by atoms with Crippen LogP contribution in [0.15, 0.2) is 66.9 Å². The topological polar surface area (TPSA) is 67.3 Å². The largest absolute Gasteiger partial charge is 0.496 e. The Morgan fingerprint density at radius 3 is 2.78 bits per heavy atom. The first-order valence-electron chi connectivity index (χ1n) is 11.1.